The summed E-state index contributed by atoms with van der Waals surface area (Å²) in [5.41, 5.74) is 6.00. The fraction of sp³-hybridized carbons (Fsp3) is 0.0952. The lowest BCUT2D eigenvalue weighted by Crippen LogP contribution is -2.44. The Bertz CT molecular complexity index is 1200. The predicted molar refractivity (Wildman–Crippen MR) is 114 cm³/mol. The summed E-state index contributed by atoms with van der Waals surface area (Å²) in [7, 11) is 4.11. The largest absolute Gasteiger partial charge is 0.339 e. The zero-order valence-corrected chi connectivity index (χ0v) is 15.8. The zero-order valence-electron chi connectivity index (χ0n) is 15.8. The minimum atomic E-state index is -0.418. The van der Waals surface area contributed by atoms with Crippen LogP contribution in [0.5, 0.6) is 0 Å². The van der Waals surface area contributed by atoms with E-state index in [1.807, 2.05) is 27.6 Å². The van der Waals surface area contributed by atoms with Gasteiger partial charge in [0.05, 0.1) is 29.3 Å². The Morgan fingerprint density at radius 3 is 2.57 bits per heavy atom. The lowest BCUT2D eigenvalue weighted by atomic mass is 9.59. The van der Waals surface area contributed by atoms with Gasteiger partial charge in [-0.2, -0.15) is 0 Å². The SMILES string of the molecule is BC1(B)c2ncccc2C(=O)N1Cc1ccc(-c2ccc3cncn3c2)cc1. The molecule has 3 aromatic heterocycles. The van der Waals surface area contributed by atoms with Crippen LogP contribution in [0, 0.1) is 0 Å². The van der Waals surface area contributed by atoms with E-state index in [1.165, 1.54) is 0 Å². The second kappa shape index (κ2) is 6.09. The van der Waals surface area contributed by atoms with Crippen molar-refractivity contribution in [2.75, 3.05) is 0 Å². The van der Waals surface area contributed by atoms with Crippen LogP contribution in [-0.2, 0) is 11.9 Å². The maximum atomic E-state index is 12.9. The molecule has 0 saturated carbocycles. The van der Waals surface area contributed by atoms with E-state index in [-0.39, 0.29) is 5.91 Å². The molecule has 0 saturated heterocycles. The van der Waals surface area contributed by atoms with Gasteiger partial charge in [0, 0.05) is 24.3 Å². The third kappa shape index (κ3) is 2.54. The molecule has 134 valence electrons. The van der Waals surface area contributed by atoms with Crippen molar-refractivity contribution in [3.8, 4) is 11.1 Å². The van der Waals surface area contributed by atoms with Crippen LogP contribution < -0.4 is 0 Å². The van der Waals surface area contributed by atoms with Gasteiger partial charge in [-0.3, -0.25) is 9.78 Å². The van der Waals surface area contributed by atoms with Gasteiger partial charge in [0.15, 0.2) is 0 Å². The zero-order chi connectivity index (χ0) is 19.3. The number of amides is 1. The van der Waals surface area contributed by atoms with Crippen molar-refractivity contribution >= 4 is 27.1 Å². The fourth-order valence-corrected chi connectivity index (χ4v) is 3.94. The van der Waals surface area contributed by atoms with Crippen molar-refractivity contribution < 1.29 is 4.79 Å². The van der Waals surface area contributed by atoms with Crippen LogP contribution in [0.4, 0.5) is 0 Å². The first-order valence-electron chi connectivity index (χ1n) is 9.32. The van der Waals surface area contributed by atoms with Gasteiger partial charge in [-0.15, -0.1) is 0 Å². The fourth-order valence-electron chi connectivity index (χ4n) is 3.94. The summed E-state index contributed by atoms with van der Waals surface area (Å²) in [6.45, 7) is 0.559. The Hall–Kier alpha value is -3.34. The van der Waals surface area contributed by atoms with Crippen molar-refractivity contribution in [2.24, 2.45) is 0 Å². The number of rotatable bonds is 3. The van der Waals surface area contributed by atoms with E-state index in [0.717, 1.165) is 27.9 Å². The summed E-state index contributed by atoms with van der Waals surface area (Å²) >= 11 is 0. The molecular weight excluding hydrogens is 346 g/mol. The molecule has 5 nitrogen and oxygen atoms in total. The van der Waals surface area contributed by atoms with E-state index in [4.69, 9.17) is 0 Å². The van der Waals surface area contributed by atoms with Crippen LogP contribution in [0.15, 0.2) is 73.4 Å². The molecular formula is C21H18B2N4O. The number of carbonyl (C=O) groups excluding carboxylic acids is 1. The highest BCUT2D eigenvalue weighted by atomic mass is 16.2. The van der Waals surface area contributed by atoms with E-state index in [0.29, 0.717) is 12.1 Å². The van der Waals surface area contributed by atoms with Crippen LogP contribution in [0.2, 0.25) is 0 Å². The van der Waals surface area contributed by atoms with Crippen molar-refractivity contribution in [3.63, 3.8) is 0 Å². The summed E-state index contributed by atoms with van der Waals surface area (Å²) < 4.78 is 2.01. The Labute approximate surface area is 164 Å². The molecule has 1 aromatic carbocycles. The summed E-state index contributed by atoms with van der Waals surface area (Å²) in [4.78, 5) is 23.4. The standard InChI is InChI=1S/C21H18B2N4O/c22-21(23)19-18(2-1-9-25-19)20(28)27(21)11-14-3-5-15(6-4-14)16-7-8-17-10-24-13-26(17)12-16/h1-10,12-13H,11,22-23H2. The normalized spacial score (nSPS) is 15.1. The maximum Gasteiger partial charge on any atom is 0.255 e. The van der Waals surface area contributed by atoms with Crippen molar-refractivity contribution in [1.82, 2.24) is 19.3 Å². The highest BCUT2D eigenvalue weighted by molar-refractivity contribution is 6.42. The Balaban J connectivity index is 1.42. The monoisotopic (exact) mass is 364 g/mol. The van der Waals surface area contributed by atoms with Gasteiger partial charge in [-0.05, 0) is 34.9 Å². The topological polar surface area (TPSA) is 50.5 Å². The molecule has 0 fully saturated rings. The summed E-state index contributed by atoms with van der Waals surface area (Å²) in [5.74, 6) is 0.0442. The third-order valence-electron chi connectivity index (χ3n) is 5.57. The molecule has 4 aromatic rings. The summed E-state index contributed by atoms with van der Waals surface area (Å²) in [6.07, 6.45) is 7.48. The number of imidazole rings is 1. The number of hydrogen-bond acceptors (Lipinski definition) is 3. The smallest absolute Gasteiger partial charge is 0.255 e. The molecule has 7 heteroatoms. The van der Waals surface area contributed by atoms with Crippen molar-refractivity contribution in [3.05, 3.63) is 90.3 Å². The number of benzene rings is 1. The second-order valence-corrected chi connectivity index (χ2v) is 7.69. The molecule has 4 heterocycles. The maximum absolute atomic E-state index is 12.9. The molecule has 0 unspecified atom stereocenters. The van der Waals surface area contributed by atoms with E-state index >= 15 is 0 Å². The Morgan fingerprint density at radius 2 is 1.79 bits per heavy atom. The number of nitrogens with zero attached hydrogens (tertiary/aromatic N) is 4. The molecule has 1 amide bonds. The van der Waals surface area contributed by atoms with Gasteiger partial charge in [0.2, 0.25) is 0 Å². The number of fused-ring (bicyclic) bond motifs is 2. The van der Waals surface area contributed by atoms with Crippen LogP contribution in [-0.4, -0.2) is 40.9 Å². The number of carbonyl (C=O) groups is 1. The minimum absolute atomic E-state index is 0.0442. The molecule has 0 N–H and O–H groups in total. The molecule has 0 spiro atoms. The van der Waals surface area contributed by atoms with Crippen LogP contribution >= 0.6 is 0 Å². The molecule has 0 aliphatic carbocycles. The summed E-state index contributed by atoms with van der Waals surface area (Å²) in [5, 5.41) is -0.418. The molecule has 1 aliphatic heterocycles. The average Bonchev–Trinajstić information content (AvgIpc) is 3.26. The quantitative estimate of drug-likeness (QED) is 0.517. The highest BCUT2D eigenvalue weighted by Gasteiger charge is 2.43. The van der Waals surface area contributed by atoms with Gasteiger partial charge >= 0.3 is 0 Å². The highest BCUT2D eigenvalue weighted by Crippen LogP contribution is 2.34. The first-order valence-corrected chi connectivity index (χ1v) is 9.32. The van der Waals surface area contributed by atoms with E-state index < -0.39 is 5.34 Å². The third-order valence-corrected chi connectivity index (χ3v) is 5.57. The molecule has 0 atom stereocenters. The first-order chi connectivity index (χ1) is 13.5. The van der Waals surface area contributed by atoms with Gasteiger partial charge in [-0.25, -0.2) is 4.98 Å². The van der Waals surface area contributed by atoms with E-state index in [1.54, 1.807) is 12.5 Å². The molecule has 1 aliphatic rings. The Kier molecular flexibility index (Phi) is 3.66. The molecule has 0 bridgehead atoms. The Morgan fingerprint density at radius 1 is 1.00 bits per heavy atom. The molecule has 5 rings (SSSR count). The lowest BCUT2D eigenvalue weighted by molar-refractivity contribution is 0.0731. The van der Waals surface area contributed by atoms with Crippen LogP contribution in [0.3, 0.4) is 0 Å². The lowest BCUT2D eigenvalue weighted by Gasteiger charge is -2.32. The van der Waals surface area contributed by atoms with Crippen LogP contribution in [0.25, 0.3) is 16.6 Å². The minimum Gasteiger partial charge on any atom is -0.339 e. The van der Waals surface area contributed by atoms with Gasteiger partial charge < -0.3 is 9.30 Å². The van der Waals surface area contributed by atoms with Crippen molar-refractivity contribution in [2.45, 2.75) is 11.9 Å². The van der Waals surface area contributed by atoms with Crippen LogP contribution in [0.1, 0.15) is 21.6 Å². The molecule has 28 heavy (non-hydrogen) atoms. The van der Waals surface area contributed by atoms with Gasteiger partial charge in [0.1, 0.15) is 15.7 Å². The predicted octanol–water partition coefficient (Wildman–Crippen LogP) is 1.43. The number of aromatic nitrogens is 3. The average molecular weight is 364 g/mol. The number of hydrogen-bond donors (Lipinski definition) is 0. The molecule has 0 radical (unpaired) electrons. The second-order valence-electron chi connectivity index (χ2n) is 7.69. The van der Waals surface area contributed by atoms with E-state index in [9.17, 15) is 4.79 Å². The van der Waals surface area contributed by atoms with Crippen molar-refractivity contribution in [1.29, 1.82) is 0 Å². The van der Waals surface area contributed by atoms with Gasteiger partial charge in [0.25, 0.3) is 5.91 Å². The van der Waals surface area contributed by atoms with Gasteiger partial charge in [-0.1, -0.05) is 30.3 Å². The van der Waals surface area contributed by atoms with E-state index in [2.05, 4.69) is 68.3 Å². The first kappa shape index (κ1) is 16.8. The summed E-state index contributed by atoms with van der Waals surface area (Å²) in [6, 6.07) is 16.2. The number of pyridine rings is 2.